The lowest BCUT2D eigenvalue weighted by atomic mass is 9.71. The summed E-state index contributed by atoms with van der Waals surface area (Å²) in [7, 11) is 1.58. The third kappa shape index (κ3) is 2.06. The molecule has 0 aromatic heterocycles. The first-order chi connectivity index (χ1) is 11.4. The van der Waals surface area contributed by atoms with E-state index in [9.17, 15) is 14.7 Å². The summed E-state index contributed by atoms with van der Waals surface area (Å²) in [5, 5.41) is 9.97. The zero-order valence-electron chi connectivity index (χ0n) is 13.6. The van der Waals surface area contributed by atoms with E-state index in [4.69, 9.17) is 21.1 Å². The van der Waals surface area contributed by atoms with E-state index in [2.05, 4.69) is 0 Å². The highest BCUT2D eigenvalue weighted by Crippen LogP contribution is 2.55. The van der Waals surface area contributed by atoms with Crippen molar-refractivity contribution in [2.45, 2.75) is 31.0 Å². The summed E-state index contributed by atoms with van der Waals surface area (Å²) in [6.07, 6.45) is 0.394. The highest BCUT2D eigenvalue weighted by molar-refractivity contribution is 6.18. The second kappa shape index (κ2) is 5.93. The molecule has 130 valence electrons. The molecule has 1 aromatic carbocycles. The topological polar surface area (TPSA) is 76.1 Å². The Labute approximate surface area is 145 Å². The van der Waals surface area contributed by atoms with Gasteiger partial charge < -0.3 is 19.5 Å². The van der Waals surface area contributed by atoms with Crippen LogP contribution < -0.4 is 4.74 Å². The van der Waals surface area contributed by atoms with Gasteiger partial charge in [0.2, 0.25) is 11.4 Å². The molecule has 2 aliphatic heterocycles. The van der Waals surface area contributed by atoms with Crippen LogP contribution in [0.4, 0.5) is 0 Å². The number of hydrogen-bond acceptors (Lipinski definition) is 5. The van der Waals surface area contributed by atoms with Gasteiger partial charge in [0.25, 0.3) is 0 Å². The van der Waals surface area contributed by atoms with E-state index < -0.39 is 29.6 Å². The molecule has 1 amide bonds. The number of ether oxygens (including phenoxy) is 2. The Kier molecular flexibility index (Phi) is 4.21. The summed E-state index contributed by atoms with van der Waals surface area (Å²) >= 11 is 5.82. The van der Waals surface area contributed by atoms with E-state index in [1.165, 1.54) is 4.90 Å². The Morgan fingerprint density at radius 2 is 2.00 bits per heavy atom. The standard InChI is InChI=1S/C17H20ClNO5/c1-16-13(7-8-18)14(21)19(17(16,10-20)15(22)24-16)9-11-3-5-12(23-2)6-4-11/h3-6,13,20H,7-10H2,1-2H3/t13-,16+,17?/m0/s1. The predicted octanol–water partition coefficient (Wildman–Crippen LogP) is 1.33. The summed E-state index contributed by atoms with van der Waals surface area (Å²) in [6.45, 7) is 1.45. The molecule has 0 aliphatic carbocycles. The lowest BCUT2D eigenvalue weighted by Gasteiger charge is -2.53. The monoisotopic (exact) mass is 353 g/mol. The van der Waals surface area contributed by atoms with Crippen molar-refractivity contribution < 1.29 is 24.2 Å². The summed E-state index contributed by atoms with van der Waals surface area (Å²) in [4.78, 5) is 26.6. The van der Waals surface area contributed by atoms with Gasteiger partial charge in [-0.05, 0) is 31.0 Å². The number of benzene rings is 1. The van der Waals surface area contributed by atoms with Crippen LogP contribution in [0, 0.1) is 5.92 Å². The molecule has 1 aromatic rings. The predicted molar refractivity (Wildman–Crippen MR) is 86.7 cm³/mol. The molecule has 0 radical (unpaired) electrons. The Morgan fingerprint density at radius 3 is 2.50 bits per heavy atom. The number of carbonyl (C=O) groups is 2. The first kappa shape index (κ1) is 17.0. The number of fused-ring (bicyclic) bond motifs is 1. The summed E-state index contributed by atoms with van der Waals surface area (Å²) in [6, 6.07) is 7.23. The average molecular weight is 354 g/mol. The van der Waals surface area contributed by atoms with E-state index in [-0.39, 0.29) is 18.3 Å². The molecule has 2 aliphatic rings. The number of rotatable bonds is 6. The van der Waals surface area contributed by atoms with Gasteiger partial charge in [0.1, 0.15) is 5.75 Å². The number of amides is 1. The van der Waals surface area contributed by atoms with Gasteiger partial charge in [0.05, 0.1) is 19.6 Å². The lowest BCUT2D eigenvalue weighted by molar-refractivity contribution is -0.239. The fraction of sp³-hybridized carbons (Fsp3) is 0.529. The first-order valence-corrected chi connectivity index (χ1v) is 8.32. The van der Waals surface area contributed by atoms with Crippen molar-refractivity contribution >= 4 is 23.5 Å². The van der Waals surface area contributed by atoms with Crippen molar-refractivity contribution in [2.24, 2.45) is 5.92 Å². The molecule has 3 atom stereocenters. The van der Waals surface area contributed by atoms with Crippen LogP contribution in [0.2, 0.25) is 0 Å². The minimum absolute atomic E-state index is 0.214. The maximum atomic E-state index is 12.9. The van der Waals surface area contributed by atoms with Crippen LogP contribution in [0.25, 0.3) is 0 Å². The van der Waals surface area contributed by atoms with Crippen LogP contribution in [0.15, 0.2) is 24.3 Å². The number of esters is 1. The molecule has 1 unspecified atom stereocenters. The lowest BCUT2D eigenvalue weighted by Crippen LogP contribution is -2.76. The molecule has 7 heteroatoms. The maximum Gasteiger partial charge on any atom is 0.339 e. The van der Waals surface area contributed by atoms with Gasteiger partial charge in [0, 0.05) is 12.4 Å². The fourth-order valence-corrected chi connectivity index (χ4v) is 4.03. The summed E-state index contributed by atoms with van der Waals surface area (Å²) in [5.41, 5.74) is -1.54. The second-order valence-electron chi connectivity index (χ2n) is 6.32. The molecular formula is C17H20ClNO5. The molecular weight excluding hydrogens is 334 g/mol. The third-order valence-corrected chi connectivity index (χ3v) is 5.50. The van der Waals surface area contributed by atoms with Crippen LogP contribution in [0.1, 0.15) is 18.9 Å². The Morgan fingerprint density at radius 1 is 1.33 bits per heavy atom. The molecule has 3 rings (SSSR count). The number of aliphatic hydroxyl groups excluding tert-OH is 1. The minimum Gasteiger partial charge on any atom is -0.497 e. The average Bonchev–Trinajstić information content (AvgIpc) is 2.71. The second-order valence-corrected chi connectivity index (χ2v) is 6.70. The van der Waals surface area contributed by atoms with Crippen molar-refractivity contribution in [1.82, 2.24) is 4.90 Å². The zero-order chi connectivity index (χ0) is 17.5. The van der Waals surface area contributed by atoms with Crippen LogP contribution >= 0.6 is 11.6 Å². The van der Waals surface area contributed by atoms with Gasteiger partial charge in [-0.3, -0.25) is 4.79 Å². The van der Waals surface area contributed by atoms with Gasteiger partial charge in [-0.25, -0.2) is 4.79 Å². The molecule has 2 heterocycles. The summed E-state index contributed by atoms with van der Waals surface area (Å²) in [5.74, 6) is -0.337. The molecule has 0 bridgehead atoms. The van der Waals surface area contributed by atoms with Crippen molar-refractivity contribution in [3.05, 3.63) is 29.8 Å². The van der Waals surface area contributed by atoms with E-state index in [1.807, 2.05) is 12.1 Å². The maximum absolute atomic E-state index is 12.9. The normalized spacial score (nSPS) is 31.5. The van der Waals surface area contributed by atoms with Crippen molar-refractivity contribution in [3.8, 4) is 5.75 Å². The molecule has 2 fully saturated rings. The quantitative estimate of drug-likeness (QED) is 0.616. The number of likely N-dealkylation sites (tertiary alicyclic amines) is 1. The number of halogens is 1. The fourth-order valence-electron chi connectivity index (χ4n) is 3.81. The first-order valence-electron chi connectivity index (χ1n) is 7.79. The number of methoxy groups -OCH3 is 1. The smallest absolute Gasteiger partial charge is 0.339 e. The van der Waals surface area contributed by atoms with Crippen molar-refractivity contribution in [2.75, 3.05) is 19.6 Å². The number of aliphatic hydroxyl groups is 1. The minimum atomic E-state index is -1.33. The highest BCUT2D eigenvalue weighted by Gasteiger charge is 2.79. The highest BCUT2D eigenvalue weighted by atomic mass is 35.5. The van der Waals surface area contributed by atoms with Crippen LogP contribution in [-0.4, -0.2) is 52.6 Å². The molecule has 2 saturated heterocycles. The number of alkyl halides is 1. The van der Waals surface area contributed by atoms with E-state index in [0.29, 0.717) is 12.2 Å². The number of nitrogens with zero attached hydrogens (tertiary/aromatic N) is 1. The van der Waals surface area contributed by atoms with Gasteiger partial charge in [-0.1, -0.05) is 12.1 Å². The van der Waals surface area contributed by atoms with E-state index in [1.54, 1.807) is 26.2 Å². The van der Waals surface area contributed by atoms with Crippen LogP contribution in [-0.2, 0) is 20.9 Å². The summed E-state index contributed by atoms with van der Waals surface area (Å²) < 4.78 is 10.5. The number of hydrogen-bond donors (Lipinski definition) is 1. The Hall–Kier alpha value is -1.79. The van der Waals surface area contributed by atoms with Crippen molar-refractivity contribution in [1.29, 1.82) is 0 Å². The largest absolute Gasteiger partial charge is 0.497 e. The van der Waals surface area contributed by atoms with E-state index >= 15 is 0 Å². The zero-order valence-corrected chi connectivity index (χ0v) is 14.4. The molecule has 0 spiro atoms. The SMILES string of the molecule is COc1ccc(CN2C(=O)[C@H](CCCl)[C@@]3(C)OC(=O)C23CO)cc1. The molecule has 24 heavy (non-hydrogen) atoms. The van der Waals surface area contributed by atoms with Gasteiger partial charge in [-0.15, -0.1) is 11.6 Å². The van der Waals surface area contributed by atoms with Gasteiger partial charge >= 0.3 is 5.97 Å². The number of carbonyl (C=O) groups excluding carboxylic acids is 2. The Bertz CT molecular complexity index is 663. The molecule has 1 N–H and O–H groups in total. The van der Waals surface area contributed by atoms with Gasteiger partial charge in [0.15, 0.2) is 5.60 Å². The van der Waals surface area contributed by atoms with E-state index in [0.717, 1.165) is 5.56 Å². The third-order valence-electron chi connectivity index (χ3n) is 5.28. The molecule has 6 nitrogen and oxygen atoms in total. The van der Waals surface area contributed by atoms with Crippen molar-refractivity contribution in [3.63, 3.8) is 0 Å². The van der Waals surface area contributed by atoms with Crippen LogP contribution in [0.5, 0.6) is 5.75 Å². The van der Waals surface area contributed by atoms with Crippen LogP contribution in [0.3, 0.4) is 0 Å². The Balaban J connectivity index is 1.95. The van der Waals surface area contributed by atoms with Gasteiger partial charge in [-0.2, -0.15) is 0 Å². The molecule has 0 saturated carbocycles.